The molecule has 2 N–H and O–H groups in total. The van der Waals surface area contributed by atoms with Crippen LogP contribution < -0.4 is 20.2 Å². The quantitative estimate of drug-likeness (QED) is 0.157. The molecule has 34 heavy (non-hydrogen) atoms. The number of benzene rings is 3. The summed E-state index contributed by atoms with van der Waals surface area (Å²) < 4.78 is 10.6. The summed E-state index contributed by atoms with van der Waals surface area (Å²) in [5, 5.41) is 7.20. The monoisotopic (exact) mass is 519 g/mol. The van der Waals surface area contributed by atoms with E-state index < -0.39 is 17.8 Å². The van der Waals surface area contributed by atoms with Gasteiger partial charge in [-0.2, -0.15) is 5.10 Å². The molecule has 174 valence electrons. The number of ether oxygens (including phenoxy) is 2. The van der Waals surface area contributed by atoms with Crippen LogP contribution in [0.25, 0.3) is 0 Å². The van der Waals surface area contributed by atoms with E-state index in [9.17, 15) is 14.4 Å². The topological polar surface area (TPSA) is 106 Å². The molecule has 3 aromatic rings. The third kappa shape index (κ3) is 6.71. The number of amides is 2. The SMILES string of the molecule is COc1cc(C=NNC(=O)C(=O)Nc2ccc(Cl)cc2)ccc1OC(=O)c1ccc(Cl)c(Cl)c1. The summed E-state index contributed by atoms with van der Waals surface area (Å²) >= 11 is 17.6. The van der Waals surface area contributed by atoms with Gasteiger partial charge in [0.05, 0.1) is 28.9 Å². The largest absolute Gasteiger partial charge is 0.493 e. The molecule has 3 aromatic carbocycles. The average Bonchev–Trinajstić information content (AvgIpc) is 2.82. The average molecular weight is 521 g/mol. The zero-order valence-electron chi connectivity index (χ0n) is 17.5. The van der Waals surface area contributed by atoms with Crippen LogP contribution in [0.15, 0.2) is 65.8 Å². The molecule has 0 heterocycles. The number of carbonyl (C=O) groups is 3. The first-order valence-corrected chi connectivity index (χ1v) is 10.7. The number of rotatable bonds is 6. The second-order valence-electron chi connectivity index (χ2n) is 6.59. The highest BCUT2D eigenvalue weighted by atomic mass is 35.5. The summed E-state index contributed by atoms with van der Waals surface area (Å²) in [7, 11) is 1.40. The van der Waals surface area contributed by atoms with Crippen molar-refractivity contribution in [3.63, 3.8) is 0 Å². The summed E-state index contributed by atoms with van der Waals surface area (Å²) in [4.78, 5) is 36.2. The number of anilines is 1. The maximum atomic E-state index is 12.4. The minimum atomic E-state index is -0.967. The number of halogens is 3. The first-order valence-electron chi connectivity index (χ1n) is 9.52. The predicted molar refractivity (Wildman–Crippen MR) is 130 cm³/mol. The number of nitrogens with zero attached hydrogens (tertiary/aromatic N) is 1. The van der Waals surface area contributed by atoms with Gasteiger partial charge in [0, 0.05) is 10.7 Å². The lowest BCUT2D eigenvalue weighted by Gasteiger charge is -2.10. The molecule has 0 fully saturated rings. The number of hydrogen-bond acceptors (Lipinski definition) is 6. The van der Waals surface area contributed by atoms with E-state index in [1.807, 2.05) is 0 Å². The van der Waals surface area contributed by atoms with Gasteiger partial charge in [0.2, 0.25) is 0 Å². The van der Waals surface area contributed by atoms with Crippen LogP contribution in [-0.2, 0) is 9.59 Å². The first-order chi connectivity index (χ1) is 16.3. The van der Waals surface area contributed by atoms with E-state index >= 15 is 0 Å². The van der Waals surface area contributed by atoms with Gasteiger partial charge in [-0.3, -0.25) is 9.59 Å². The fourth-order valence-corrected chi connectivity index (χ4v) is 2.99. The molecule has 0 radical (unpaired) electrons. The van der Waals surface area contributed by atoms with Crippen LogP contribution in [0.2, 0.25) is 15.1 Å². The van der Waals surface area contributed by atoms with E-state index in [0.29, 0.717) is 21.3 Å². The van der Waals surface area contributed by atoms with Crippen LogP contribution in [0.4, 0.5) is 5.69 Å². The van der Waals surface area contributed by atoms with Gasteiger partial charge >= 0.3 is 17.8 Å². The van der Waals surface area contributed by atoms with Crippen LogP contribution in [0.1, 0.15) is 15.9 Å². The fraction of sp³-hybridized carbons (Fsp3) is 0.0435. The molecule has 0 aliphatic heterocycles. The van der Waals surface area contributed by atoms with Gasteiger partial charge in [0.25, 0.3) is 0 Å². The highest BCUT2D eigenvalue weighted by Crippen LogP contribution is 2.29. The van der Waals surface area contributed by atoms with Crippen LogP contribution in [-0.4, -0.2) is 31.1 Å². The second kappa shape index (κ2) is 11.5. The Morgan fingerprint density at radius 3 is 2.26 bits per heavy atom. The van der Waals surface area contributed by atoms with Crippen LogP contribution in [0.3, 0.4) is 0 Å². The normalized spacial score (nSPS) is 10.6. The molecule has 8 nitrogen and oxygen atoms in total. The van der Waals surface area contributed by atoms with Gasteiger partial charge in [0.15, 0.2) is 11.5 Å². The van der Waals surface area contributed by atoms with Gasteiger partial charge in [-0.25, -0.2) is 10.2 Å². The van der Waals surface area contributed by atoms with Gasteiger partial charge < -0.3 is 14.8 Å². The van der Waals surface area contributed by atoms with Crippen LogP contribution >= 0.6 is 34.8 Å². The minimum absolute atomic E-state index is 0.155. The molecule has 0 spiro atoms. The molecule has 2 amide bonds. The van der Waals surface area contributed by atoms with Crippen molar-refractivity contribution in [1.82, 2.24) is 5.43 Å². The third-order valence-corrected chi connectivity index (χ3v) is 5.22. The van der Waals surface area contributed by atoms with Gasteiger partial charge in [0.1, 0.15) is 0 Å². The van der Waals surface area contributed by atoms with Gasteiger partial charge in [-0.1, -0.05) is 34.8 Å². The van der Waals surface area contributed by atoms with Crippen molar-refractivity contribution < 1.29 is 23.9 Å². The summed E-state index contributed by atoms with van der Waals surface area (Å²) in [6.45, 7) is 0. The molecule has 0 bridgehead atoms. The molecule has 0 aliphatic carbocycles. The van der Waals surface area contributed by atoms with E-state index in [0.717, 1.165) is 0 Å². The molecule has 0 atom stereocenters. The number of carbonyl (C=O) groups excluding carboxylic acids is 3. The van der Waals surface area contributed by atoms with E-state index in [2.05, 4.69) is 15.8 Å². The summed E-state index contributed by atoms with van der Waals surface area (Å²) in [5.74, 6) is -2.13. The van der Waals surface area contributed by atoms with Crippen molar-refractivity contribution in [3.05, 3.63) is 86.9 Å². The van der Waals surface area contributed by atoms with E-state index in [4.69, 9.17) is 44.3 Å². The zero-order chi connectivity index (χ0) is 24.7. The molecule has 3 rings (SSSR count). The molecular weight excluding hydrogens is 505 g/mol. The number of hydrogen-bond donors (Lipinski definition) is 2. The van der Waals surface area contributed by atoms with Crippen molar-refractivity contribution in [2.24, 2.45) is 5.10 Å². The lowest BCUT2D eigenvalue weighted by Crippen LogP contribution is -2.32. The Morgan fingerprint density at radius 2 is 1.59 bits per heavy atom. The van der Waals surface area contributed by atoms with Crippen LogP contribution in [0.5, 0.6) is 11.5 Å². The molecule has 0 saturated carbocycles. The maximum Gasteiger partial charge on any atom is 0.343 e. The summed E-state index contributed by atoms with van der Waals surface area (Å²) in [6, 6.07) is 15.2. The van der Waals surface area contributed by atoms with E-state index in [1.165, 1.54) is 43.7 Å². The Kier molecular flexibility index (Phi) is 8.48. The van der Waals surface area contributed by atoms with Gasteiger partial charge in [-0.05, 0) is 66.2 Å². The number of hydrazone groups is 1. The molecule has 11 heteroatoms. The summed E-state index contributed by atoms with van der Waals surface area (Å²) in [6.07, 6.45) is 1.29. The van der Waals surface area contributed by atoms with Crippen molar-refractivity contribution in [2.75, 3.05) is 12.4 Å². The number of esters is 1. The highest BCUT2D eigenvalue weighted by molar-refractivity contribution is 6.42. The summed E-state index contributed by atoms with van der Waals surface area (Å²) in [5.41, 5.74) is 3.24. The van der Waals surface area contributed by atoms with Crippen molar-refractivity contribution in [1.29, 1.82) is 0 Å². The molecular formula is C23H16Cl3N3O5. The second-order valence-corrected chi connectivity index (χ2v) is 7.84. The lowest BCUT2D eigenvalue weighted by atomic mass is 10.2. The Morgan fingerprint density at radius 1 is 0.853 bits per heavy atom. The lowest BCUT2D eigenvalue weighted by molar-refractivity contribution is -0.136. The molecule has 0 saturated heterocycles. The Balaban J connectivity index is 1.61. The van der Waals surface area contributed by atoms with Gasteiger partial charge in [-0.15, -0.1) is 0 Å². The predicted octanol–water partition coefficient (Wildman–Crippen LogP) is 4.96. The zero-order valence-corrected chi connectivity index (χ0v) is 19.7. The van der Waals surface area contributed by atoms with E-state index in [-0.39, 0.29) is 22.1 Å². The van der Waals surface area contributed by atoms with Crippen LogP contribution in [0, 0.1) is 0 Å². The third-order valence-electron chi connectivity index (χ3n) is 4.23. The number of methoxy groups -OCH3 is 1. The van der Waals surface area contributed by atoms with Crippen molar-refractivity contribution in [2.45, 2.75) is 0 Å². The first kappa shape index (κ1) is 25.0. The fourth-order valence-electron chi connectivity index (χ4n) is 2.57. The van der Waals surface area contributed by atoms with E-state index in [1.54, 1.807) is 30.3 Å². The smallest absolute Gasteiger partial charge is 0.343 e. The minimum Gasteiger partial charge on any atom is -0.493 e. The Hall–Kier alpha value is -3.59. The highest BCUT2D eigenvalue weighted by Gasteiger charge is 2.15. The molecule has 0 aromatic heterocycles. The Labute approximate surface area is 209 Å². The molecule has 0 unspecified atom stereocenters. The van der Waals surface area contributed by atoms with Crippen molar-refractivity contribution >= 4 is 64.5 Å². The van der Waals surface area contributed by atoms with Crippen molar-refractivity contribution in [3.8, 4) is 11.5 Å². The number of nitrogens with one attached hydrogen (secondary N) is 2. The molecule has 0 aliphatic rings. The maximum absolute atomic E-state index is 12.4. The Bertz CT molecular complexity index is 1260. The standard InChI is InChI=1S/C23H16Cl3N3O5/c1-33-20-10-13(2-9-19(20)34-23(32)14-3-8-17(25)18(26)11-14)12-27-29-22(31)21(30)28-16-6-4-15(24)5-7-16/h2-12H,1H3,(H,28,30)(H,29,31).